The molecule has 2 N–H and O–H groups in total. The Morgan fingerprint density at radius 3 is 2.23 bits per heavy atom. The quantitative estimate of drug-likeness (QED) is 0.267. The molecule has 0 spiro atoms. The monoisotopic (exact) mass is 494 g/mol. The van der Waals surface area contributed by atoms with E-state index in [0.29, 0.717) is 23.5 Å². The Bertz CT molecular complexity index is 907. The summed E-state index contributed by atoms with van der Waals surface area (Å²) in [5.41, 5.74) is 5.89. The largest absolute Gasteiger partial charge is 0.508 e. The molecule has 194 valence electrons. The Morgan fingerprint density at radius 1 is 0.943 bits per heavy atom. The molecule has 0 unspecified atom stereocenters. The predicted molar refractivity (Wildman–Crippen MR) is 150 cm³/mol. The first-order chi connectivity index (χ1) is 16.8. The topological polar surface area (TPSA) is 40.5 Å². The van der Waals surface area contributed by atoms with E-state index < -0.39 is 13.7 Å². The van der Waals surface area contributed by atoms with Crippen LogP contribution in [0.3, 0.4) is 0 Å². The molecular weight excluding hydrogens is 444 g/mol. The lowest BCUT2D eigenvalue weighted by Gasteiger charge is -2.52. The molecule has 2 fully saturated rings. The Labute approximate surface area is 216 Å². The van der Waals surface area contributed by atoms with E-state index in [1.165, 1.54) is 74.2 Å². The van der Waals surface area contributed by atoms with E-state index in [1.807, 2.05) is 12.1 Å². The number of fused-ring (bicyclic) bond motifs is 5. The lowest BCUT2D eigenvalue weighted by Crippen LogP contribution is -2.50. The van der Waals surface area contributed by atoms with Gasteiger partial charge in [0.25, 0.3) is 0 Å². The smallest absolute Gasteiger partial charge is 0.138 e. The Hall–Kier alpha value is -1.24. The summed E-state index contributed by atoms with van der Waals surface area (Å²) in [5.74, 6) is 5.90. The number of hydrogen-bond donors (Lipinski definition) is 2. The van der Waals surface area contributed by atoms with Gasteiger partial charge in [-0.1, -0.05) is 78.2 Å². The predicted octanol–water partition coefficient (Wildman–Crippen LogP) is 8.37. The van der Waals surface area contributed by atoms with Crippen molar-refractivity contribution in [3.8, 4) is 17.2 Å². The molecule has 35 heavy (non-hydrogen) atoms. The van der Waals surface area contributed by atoms with E-state index >= 15 is 0 Å². The highest BCUT2D eigenvalue weighted by Crippen LogP contribution is 2.64. The van der Waals surface area contributed by atoms with E-state index in [9.17, 15) is 10.2 Å². The molecular formula is C32H50O2Si. The van der Waals surface area contributed by atoms with E-state index in [0.717, 1.165) is 32.1 Å². The molecule has 3 heteroatoms. The molecule has 3 aliphatic rings. The maximum absolute atomic E-state index is 12.2. The van der Waals surface area contributed by atoms with E-state index in [2.05, 4.69) is 45.2 Å². The van der Waals surface area contributed by atoms with Crippen molar-refractivity contribution >= 4 is 8.07 Å². The Balaban J connectivity index is 1.61. The number of aliphatic hydroxyl groups is 1. The van der Waals surface area contributed by atoms with Crippen molar-refractivity contribution in [1.82, 2.24) is 0 Å². The number of rotatable bonds is 9. The lowest BCUT2D eigenvalue weighted by atomic mass is 9.53. The third kappa shape index (κ3) is 5.13. The molecule has 0 radical (unpaired) electrons. The van der Waals surface area contributed by atoms with Gasteiger partial charge >= 0.3 is 0 Å². The molecule has 1 aromatic rings. The van der Waals surface area contributed by atoms with Gasteiger partial charge in [0, 0.05) is 5.41 Å². The molecule has 0 aliphatic heterocycles. The van der Waals surface area contributed by atoms with Gasteiger partial charge in [-0.15, -0.1) is 5.54 Å². The van der Waals surface area contributed by atoms with E-state index in [1.54, 1.807) is 0 Å². The second-order valence-corrected chi connectivity index (χ2v) is 16.8. The van der Waals surface area contributed by atoms with Crippen LogP contribution in [-0.2, 0) is 6.42 Å². The zero-order chi connectivity index (χ0) is 25.1. The highest BCUT2D eigenvalue weighted by atomic mass is 28.3. The highest BCUT2D eigenvalue weighted by Gasteiger charge is 2.61. The Morgan fingerprint density at radius 2 is 1.60 bits per heavy atom. The fourth-order valence-electron chi connectivity index (χ4n) is 8.13. The van der Waals surface area contributed by atoms with Crippen LogP contribution in [-0.4, -0.2) is 23.9 Å². The average molecular weight is 495 g/mol. The van der Waals surface area contributed by atoms with Gasteiger partial charge in [0.15, 0.2) is 0 Å². The van der Waals surface area contributed by atoms with Crippen LogP contribution in [0.5, 0.6) is 5.75 Å². The molecule has 0 amide bonds. The van der Waals surface area contributed by atoms with Crippen molar-refractivity contribution in [2.75, 3.05) is 0 Å². The summed E-state index contributed by atoms with van der Waals surface area (Å²) in [5, 5.41) is 22.2. The normalized spacial score (nSPS) is 31.7. The summed E-state index contributed by atoms with van der Waals surface area (Å²) >= 11 is 0. The summed E-state index contributed by atoms with van der Waals surface area (Å²) in [6.45, 7) is 9.31. The third-order valence-corrected chi connectivity index (χ3v) is 15.0. The molecule has 3 aliphatic carbocycles. The average Bonchev–Trinajstić information content (AvgIpc) is 3.13. The molecule has 4 rings (SSSR count). The van der Waals surface area contributed by atoms with Crippen molar-refractivity contribution in [2.45, 2.75) is 134 Å². The Kier molecular flexibility index (Phi) is 8.44. The van der Waals surface area contributed by atoms with Crippen LogP contribution >= 0.6 is 0 Å². The molecule has 0 heterocycles. The van der Waals surface area contributed by atoms with Gasteiger partial charge in [-0.2, -0.15) is 0 Å². The first-order valence-corrected chi connectivity index (χ1v) is 17.5. The minimum Gasteiger partial charge on any atom is -0.508 e. The number of aryl methyl sites for hydroxylation is 1. The number of hydrogen-bond acceptors (Lipinski definition) is 2. The molecule has 2 saturated carbocycles. The summed E-state index contributed by atoms with van der Waals surface area (Å²) in [4.78, 5) is 0. The zero-order valence-corrected chi connectivity index (χ0v) is 24.0. The number of aromatic hydroxyl groups is 1. The highest BCUT2D eigenvalue weighted by molar-refractivity contribution is 6.87. The number of phenolic OH excluding ortho intramolecular Hbond substituents is 1. The van der Waals surface area contributed by atoms with Crippen LogP contribution in [0.1, 0.15) is 115 Å². The van der Waals surface area contributed by atoms with Gasteiger partial charge in [0.1, 0.15) is 19.4 Å². The van der Waals surface area contributed by atoms with Crippen molar-refractivity contribution in [3.05, 3.63) is 29.3 Å². The molecule has 5 atom stereocenters. The van der Waals surface area contributed by atoms with Crippen molar-refractivity contribution < 1.29 is 10.2 Å². The fraction of sp³-hybridized carbons (Fsp3) is 0.750. The van der Waals surface area contributed by atoms with Crippen LogP contribution in [0.15, 0.2) is 18.2 Å². The van der Waals surface area contributed by atoms with Gasteiger partial charge in [-0.3, -0.25) is 0 Å². The maximum Gasteiger partial charge on any atom is 0.138 e. The first-order valence-electron chi connectivity index (χ1n) is 14.9. The molecule has 0 aromatic heterocycles. The van der Waals surface area contributed by atoms with Crippen molar-refractivity contribution in [2.24, 2.45) is 17.3 Å². The fourth-order valence-corrected chi connectivity index (χ4v) is 12.8. The number of unbranched alkanes of at least 4 members (excludes halogenated alkanes) is 3. The summed E-state index contributed by atoms with van der Waals surface area (Å²) in [7, 11) is -1.69. The van der Waals surface area contributed by atoms with Gasteiger partial charge in [-0.25, -0.2) is 0 Å². The zero-order valence-electron chi connectivity index (χ0n) is 23.0. The molecule has 1 aromatic carbocycles. The van der Waals surface area contributed by atoms with Gasteiger partial charge in [-0.05, 0) is 97.7 Å². The molecule has 2 nitrogen and oxygen atoms in total. The minimum absolute atomic E-state index is 0.0873. The van der Waals surface area contributed by atoms with Gasteiger partial charge < -0.3 is 10.2 Å². The van der Waals surface area contributed by atoms with Crippen LogP contribution in [0.25, 0.3) is 0 Å². The second-order valence-electron chi connectivity index (χ2n) is 12.5. The minimum atomic E-state index is -1.69. The van der Waals surface area contributed by atoms with Crippen LogP contribution in [0, 0.1) is 28.7 Å². The first kappa shape index (κ1) is 26.8. The van der Waals surface area contributed by atoms with Gasteiger partial charge in [0.05, 0.1) is 0 Å². The summed E-state index contributed by atoms with van der Waals surface area (Å²) in [6, 6.07) is 10.0. The molecule has 0 bridgehead atoms. The second kappa shape index (κ2) is 11.0. The van der Waals surface area contributed by atoms with Crippen LogP contribution < -0.4 is 0 Å². The van der Waals surface area contributed by atoms with Gasteiger partial charge in [0.2, 0.25) is 0 Å². The lowest BCUT2D eigenvalue weighted by molar-refractivity contribution is -0.0647. The van der Waals surface area contributed by atoms with Crippen LogP contribution in [0.2, 0.25) is 18.1 Å². The van der Waals surface area contributed by atoms with Crippen molar-refractivity contribution in [1.29, 1.82) is 0 Å². The molecule has 0 saturated heterocycles. The summed E-state index contributed by atoms with van der Waals surface area (Å²) < 4.78 is 0. The van der Waals surface area contributed by atoms with E-state index in [-0.39, 0.29) is 5.41 Å². The standard InChI is InChI=1S/C32H50O2Si/c1-5-8-20-35(21-9-6-2,22-10-7-3)23-19-32(34)18-16-30-29-13-11-25-24-26(33)12-14-27(25)28(29)15-17-31(30,32)4/h12,14,24,28-30,33-34H,5-11,13,15-18,20-22H2,1-4H3/t28-,29-,30+,31+,32-/m1/s1. The SMILES string of the molecule is CCCC[Si](C#C[C@]1(O)CC[C@H]2[C@@H]3CCc4cc(O)ccc4[C@H]3CC[C@@]21C)(CCCC)CCCC. The number of phenols is 1. The number of benzene rings is 1. The van der Waals surface area contributed by atoms with E-state index in [4.69, 9.17) is 0 Å². The van der Waals surface area contributed by atoms with Crippen LogP contribution in [0.4, 0.5) is 0 Å². The van der Waals surface area contributed by atoms with Crippen molar-refractivity contribution in [3.63, 3.8) is 0 Å². The maximum atomic E-state index is 12.2. The third-order valence-electron chi connectivity index (χ3n) is 10.4. The summed E-state index contributed by atoms with van der Waals surface area (Å²) in [6.07, 6.45) is 14.1.